The Morgan fingerprint density at radius 3 is 1.87 bits per heavy atom. The third-order valence-corrected chi connectivity index (χ3v) is 5.05. The molecular weight excluding hydrogens is 423 g/mol. The minimum atomic E-state index is -0.735. The van der Waals surface area contributed by atoms with Gasteiger partial charge in [0.2, 0.25) is 0 Å². The molecule has 0 saturated carbocycles. The van der Waals surface area contributed by atoms with Crippen LogP contribution in [0.2, 0.25) is 5.02 Å². The minimum Gasteiger partial charge on any atom is -0.292 e. The van der Waals surface area contributed by atoms with Crippen LogP contribution in [-0.4, -0.2) is 40.1 Å². The van der Waals surface area contributed by atoms with E-state index in [1.54, 1.807) is 12.1 Å². The zero-order valence-corrected chi connectivity index (χ0v) is 16.7. The van der Waals surface area contributed by atoms with E-state index in [1.165, 1.54) is 48.5 Å². The summed E-state index contributed by atoms with van der Waals surface area (Å²) in [6, 6.07) is 16.7. The fourth-order valence-corrected chi connectivity index (χ4v) is 3.36. The predicted molar refractivity (Wildman–Crippen MR) is 110 cm³/mol. The number of hydrogen-bond acceptors (Lipinski definition) is 4. The van der Waals surface area contributed by atoms with Gasteiger partial charge in [0.05, 0.1) is 11.1 Å². The van der Waals surface area contributed by atoms with Crippen LogP contribution in [0.25, 0.3) is 0 Å². The second-order valence-electron chi connectivity index (χ2n) is 6.77. The smallest absolute Gasteiger partial charge is 0.280 e. The van der Waals surface area contributed by atoms with Gasteiger partial charge in [0, 0.05) is 16.1 Å². The fourth-order valence-electron chi connectivity index (χ4n) is 3.23. The minimum absolute atomic E-state index is 0.131. The Balaban J connectivity index is 1.72. The molecule has 3 amide bonds. The molecule has 1 aliphatic rings. The van der Waals surface area contributed by atoms with E-state index in [1.807, 2.05) is 0 Å². The molecule has 0 radical (unpaired) electrons. The molecule has 3 aromatic carbocycles. The molecule has 154 valence electrons. The number of Topliss-reactive ketones (excluding diaryl/α,β-unsaturated/α-hetero) is 1. The highest BCUT2D eigenvalue weighted by atomic mass is 35.5. The van der Waals surface area contributed by atoms with E-state index >= 15 is 0 Å². The van der Waals surface area contributed by atoms with Gasteiger partial charge in [-0.1, -0.05) is 23.7 Å². The number of rotatable bonds is 5. The molecule has 0 spiro atoms. The van der Waals surface area contributed by atoms with Crippen molar-refractivity contribution in [3.63, 3.8) is 0 Å². The number of ketones is 1. The summed E-state index contributed by atoms with van der Waals surface area (Å²) in [5.74, 6) is -3.25. The van der Waals surface area contributed by atoms with Crippen molar-refractivity contribution in [1.29, 1.82) is 0 Å². The number of fused-ring (bicyclic) bond motifs is 1. The van der Waals surface area contributed by atoms with Crippen molar-refractivity contribution in [2.75, 3.05) is 6.54 Å². The SMILES string of the molecule is O=C(CN(C(=O)c1ccc(Cl)cc1)N1C(=O)c2ccccc2C1=O)c1ccc(F)cc1. The van der Waals surface area contributed by atoms with Gasteiger partial charge in [-0.25, -0.2) is 9.40 Å². The highest BCUT2D eigenvalue weighted by molar-refractivity contribution is 6.30. The van der Waals surface area contributed by atoms with Gasteiger partial charge in [0.15, 0.2) is 5.78 Å². The first-order valence-corrected chi connectivity index (χ1v) is 9.58. The van der Waals surface area contributed by atoms with Gasteiger partial charge >= 0.3 is 0 Å². The summed E-state index contributed by atoms with van der Waals surface area (Å²) in [4.78, 5) is 51.9. The third-order valence-electron chi connectivity index (χ3n) is 4.80. The van der Waals surface area contributed by atoms with E-state index in [9.17, 15) is 23.6 Å². The molecule has 0 saturated heterocycles. The van der Waals surface area contributed by atoms with Crippen LogP contribution in [0.5, 0.6) is 0 Å². The average Bonchev–Trinajstić information content (AvgIpc) is 3.03. The maximum atomic E-state index is 13.2. The van der Waals surface area contributed by atoms with Crippen LogP contribution in [-0.2, 0) is 0 Å². The Labute approximate surface area is 181 Å². The number of amides is 3. The number of nitrogens with zero attached hydrogens (tertiary/aromatic N) is 2. The summed E-state index contributed by atoms with van der Waals surface area (Å²) in [7, 11) is 0. The van der Waals surface area contributed by atoms with Gasteiger partial charge in [0.1, 0.15) is 12.4 Å². The number of imide groups is 1. The van der Waals surface area contributed by atoms with Crippen LogP contribution in [0.3, 0.4) is 0 Å². The lowest BCUT2D eigenvalue weighted by molar-refractivity contribution is 0.00531. The van der Waals surface area contributed by atoms with Crippen molar-refractivity contribution in [3.05, 3.63) is 106 Å². The van der Waals surface area contributed by atoms with Crippen molar-refractivity contribution < 1.29 is 23.6 Å². The molecule has 31 heavy (non-hydrogen) atoms. The summed E-state index contributed by atoms with van der Waals surface area (Å²) in [6.07, 6.45) is 0. The predicted octanol–water partition coefficient (Wildman–Crippen LogP) is 4.02. The molecule has 6 nitrogen and oxygen atoms in total. The zero-order valence-electron chi connectivity index (χ0n) is 15.9. The van der Waals surface area contributed by atoms with Gasteiger partial charge in [-0.2, -0.15) is 5.01 Å². The second kappa shape index (κ2) is 8.12. The molecule has 4 rings (SSSR count). The number of halogens is 2. The van der Waals surface area contributed by atoms with E-state index in [2.05, 4.69) is 0 Å². The molecule has 0 atom stereocenters. The van der Waals surface area contributed by atoms with Crippen molar-refractivity contribution in [3.8, 4) is 0 Å². The lowest BCUT2D eigenvalue weighted by Gasteiger charge is -2.29. The monoisotopic (exact) mass is 436 g/mol. The lowest BCUT2D eigenvalue weighted by atomic mass is 10.1. The lowest BCUT2D eigenvalue weighted by Crippen LogP contribution is -2.51. The third kappa shape index (κ3) is 3.83. The van der Waals surface area contributed by atoms with Crippen molar-refractivity contribution in [1.82, 2.24) is 10.0 Å². The number of hydrogen-bond donors (Lipinski definition) is 0. The molecular formula is C23H14ClFN2O4. The van der Waals surface area contributed by atoms with Crippen molar-refractivity contribution in [2.45, 2.75) is 0 Å². The van der Waals surface area contributed by atoms with Crippen LogP contribution in [0, 0.1) is 5.82 Å². The topological polar surface area (TPSA) is 74.8 Å². The molecule has 8 heteroatoms. The standard InChI is InChI=1S/C23H14ClFN2O4/c24-16-9-5-15(6-10-16)21(29)26(13-20(28)14-7-11-17(25)12-8-14)27-22(30)18-3-1-2-4-19(18)23(27)31/h1-12H,13H2. The summed E-state index contributed by atoms with van der Waals surface area (Å²) in [5, 5.41) is 1.87. The van der Waals surface area contributed by atoms with Gasteiger partial charge in [-0.05, 0) is 60.7 Å². The molecule has 0 unspecified atom stereocenters. The van der Waals surface area contributed by atoms with Crippen molar-refractivity contribution >= 4 is 35.1 Å². The van der Waals surface area contributed by atoms with Gasteiger partial charge in [-0.15, -0.1) is 0 Å². The highest BCUT2D eigenvalue weighted by Crippen LogP contribution is 2.26. The Bertz CT molecular complexity index is 1170. The summed E-state index contributed by atoms with van der Waals surface area (Å²) in [6.45, 7) is -0.599. The summed E-state index contributed by atoms with van der Waals surface area (Å²) < 4.78 is 13.2. The quantitative estimate of drug-likeness (QED) is 0.447. The number of hydrazine groups is 1. The van der Waals surface area contributed by atoms with E-state index in [-0.39, 0.29) is 22.3 Å². The molecule has 0 aliphatic carbocycles. The molecule has 0 fully saturated rings. The maximum absolute atomic E-state index is 13.2. The Hall–Kier alpha value is -3.84. The van der Waals surface area contributed by atoms with Gasteiger partial charge in [-0.3, -0.25) is 19.2 Å². The van der Waals surface area contributed by atoms with E-state index in [0.29, 0.717) is 10.0 Å². The second-order valence-corrected chi connectivity index (χ2v) is 7.20. The molecule has 0 bridgehead atoms. The van der Waals surface area contributed by atoms with Gasteiger partial charge < -0.3 is 0 Å². The fraction of sp³-hybridized carbons (Fsp3) is 0.0435. The van der Waals surface area contributed by atoms with E-state index in [4.69, 9.17) is 11.6 Å². The average molecular weight is 437 g/mol. The maximum Gasteiger partial charge on any atom is 0.280 e. The Morgan fingerprint density at radius 1 is 0.806 bits per heavy atom. The first-order valence-electron chi connectivity index (χ1n) is 9.21. The largest absolute Gasteiger partial charge is 0.292 e. The molecule has 1 heterocycles. The van der Waals surface area contributed by atoms with E-state index < -0.39 is 35.9 Å². The number of benzene rings is 3. The first kappa shape index (κ1) is 20.4. The Morgan fingerprint density at radius 2 is 1.32 bits per heavy atom. The van der Waals surface area contributed by atoms with Gasteiger partial charge in [0.25, 0.3) is 17.7 Å². The van der Waals surface area contributed by atoms with Crippen LogP contribution < -0.4 is 0 Å². The summed E-state index contributed by atoms with van der Waals surface area (Å²) in [5.41, 5.74) is 0.533. The normalized spacial score (nSPS) is 12.6. The highest BCUT2D eigenvalue weighted by Gasteiger charge is 2.42. The first-order chi connectivity index (χ1) is 14.9. The van der Waals surface area contributed by atoms with Crippen molar-refractivity contribution in [2.24, 2.45) is 0 Å². The zero-order chi connectivity index (χ0) is 22.1. The van der Waals surface area contributed by atoms with Crippen LogP contribution in [0.15, 0.2) is 72.8 Å². The Kier molecular flexibility index (Phi) is 5.35. The molecule has 3 aromatic rings. The number of carbonyl (C=O) groups excluding carboxylic acids is 4. The number of carbonyl (C=O) groups is 4. The molecule has 0 aromatic heterocycles. The van der Waals surface area contributed by atoms with E-state index in [0.717, 1.165) is 17.1 Å². The van der Waals surface area contributed by atoms with Crippen LogP contribution in [0.4, 0.5) is 4.39 Å². The summed E-state index contributed by atoms with van der Waals surface area (Å²) >= 11 is 5.88. The molecule has 1 aliphatic heterocycles. The van der Waals surface area contributed by atoms with Crippen LogP contribution >= 0.6 is 11.6 Å². The van der Waals surface area contributed by atoms with Crippen LogP contribution in [0.1, 0.15) is 41.4 Å². The molecule has 0 N–H and O–H groups in total.